The van der Waals surface area contributed by atoms with Gasteiger partial charge >= 0.3 is 0 Å². The van der Waals surface area contributed by atoms with Gasteiger partial charge in [0.05, 0.1) is 12.2 Å². The van der Waals surface area contributed by atoms with Gasteiger partial charge in [-0.1, -0.05) is 20.3 Å². The summed E-state index contributed by atoms with van der Waals surface area (Å²) < 4.78 is 11.4. The monoisotopic (exact) mass is 228 g/mol. The van der Waals surface area contributed by atoms with Crippen molar-refractivity contribution >= 4 is 9.76 Å². The predicted molar refractivity (Wildman–Crippen MR) is 64.8 cm³/mol. The number of hydrogen-bond donors (Lipinski definition) is 0. The Kier molecular flexibility index (Phi) is 4.23. The first-order valence-electron chi connectivity index (χ1n) is 6.58. The lowest BCUT2D eigenvalue weighted by atomic mass is 9.86. The van der Waals surface area contributed by atoms with Gasteiger partial charge in [-0.15, -0.1) is 0 Å². The molecule has 1 saturated heterocycles. The van der Waals surface area contributed by atoms with Gasteiger partial charge in [0.25, 0.3) is 0 Å². The van der Waals surface area contributed by atoms with Gasteiger partial charge in [-0.2, -0.15) is 0 Å². The molecule has 1 aliphatic carbocycles. The van der Waals surface area contributed by atoms with Gasteiger partial charge in [0.2, 0.25) is 0 Å². The molecule has 0 N–H and O–H groups in total. The van der Waals surface area contributed by atoms with Crippen molar-refractivity contribution < 1.29 is 9.16 Å². The van der Waals surface area contributed by atoms with Crippen LogP contribution in [0, 0.1) is 5.92 Å². The first-order chi connectivity index (χ1) is 7.35. The van der Waals surface area contributed by atoms with Crippen LogP contribution >= 0.6 is 0 Å². The van der Waals surface area contributed by atoms with E-state index in [1.54, 1.807) is 0 Å². The van der Waals surface area contributed by atoms with E-state index >= 15 is 0 Å². The van der Waals surface area contributed by atoms with Gasteiger partial charge in [-0.05, 0) is 37.1 Å². The number of fused-ring (bicyclic) bond motifs is 1. The molecular formula is C12H24O2Si. The number of ether oxygens (including phenoxy) is 1. The zero-order valence-electron chi connectivity index (χ0n) is 10.1. The molecule has 2 rings (SSSR count). The zero-order chi connectivity index (χ0) is 10.7. The fourth-order valence-electron chi connectivity index (χ4n) is 2.83. The van der Waals surface area contributed by atoms with E-state index in [-0.39, 0.29) is 9.76 Å². The average Bonchev–Trinajstić information content (AvgIpc) is 3.02. The van der Waals surface area contributed by atoms with Crippen molar-refractivity contribution in [3.05, 3.63) is 0 Å². The van der Waals surface area contributed by atoms with Crippen LogP contribution in [0.4, 0.5) is 0 Å². The third kappa shape index (κ3) is 3.05. The molecule has 2 fully saturated rings. The van der Waals surface area contributed by atoms with Crippen LogP contribution in [0.1, 0.15) is 46.0 Å². The second-order valence-corrected chi connectivity index (χ2v) is 6.82. The minimum absolute atomic E-state index is 0.290. The van der Waals surface area contributed by atoms with Gasteiger partial charge in [-0.25, -0.2) is 0 Å². The Morgan fingerprint density at radius 2 is 2.20 bits per heavy atom. The maximum Gasteiger partial charge on any atom is 0.164 e. The Balaban J connectivity index is 1.72. The lowest BCUT2D eigenvalue weighted by Gasteiger charge is -2.27. The van der Waals surface area contributed by atoms with Crippen LogP contribution in [0.2, 0.25) is 5.54 Å². The second kappa shape index (κ2) is 5.46. The molecule has 0 aromatic carbocycles. The van der Waals surface area contributed by atoms with Gasteiger partial charge < -0.3 is 9.16 Å². The van der Waals surface area contributed by atoms with Crippen LogP contribution in [-0.4, -0.2) is 28.6 Å². The molecule has 1 heterocycles. The van der Waals surface area contributed by atoms with E-state index < -0.39 is 0 Å². The highest BCUT2D eigenvalue weighted by atomic mass is 28.2. The van der Waals surface area contributed by atoms with Crippen molar-refractivity contribution in [2.24, 2.45) is 5.92 Å². The third-order valence-corrected chi connectivity index (χ3v) is 6.11. The van der Waals surface area contributed by atoms with Crippen molar-refractivity contribution in [1.82, 2.24) is 0 Å². The molecule has 15 heavy (non-hydrogen) atoms. The zero-order valence-corrected chi connectivity index (χ0v) is 11.5. The van der Waals surface area contributed by atoms with E-state index in [1.165, 1.54) is 32.1 Å². The Labute approximate surface area is 95.7 Å². The first kappa shape index (κ1) is 11.6. The summed E-state index contributed by atoms with van der Waals surface area (Å²) in [5.41, 5.74) is 0.904. The van der Waals surface area contributed by atoms with Crippen LogP contribution in [0.5, 0.6) is 0 Å². The quantitative estimate of drug-likeness (QED) is 0.395. The highest BCUT2D eigenvalue weighted by Crippen LogP contribution is 2.44. The maximum absolute atomic E-state index is 5.84. The lowest BCUT2D eigenvalue weighted by molar-refractivity contribution is 0.294. The fourth-order valence-corrected chi connectivity index (χ4v) is 4.52. The van der Waals surface area contributed by atoms with Gasteiger partial charge in [0, 0.05) is 6.61 Å². The molecule has 4 unspecified atom stereocenters. The average molecular weight is 228 g/mol. The summed E-state index contributed by atoms with van der Waals surface area (Å²) in [6.07, 6.45) is 7.80. The van der Waals surface area contributed by atoms with E-state index in [2.05, 4.69) is 13.8 Å². The van der Waals surface area contributed by atoms with Crippen molar-refractivity contribution in [2.75, 3.05) is 6.61 Å². The topological polar surface area (TPSA) is 21.8 Å². The number of hydrogen-bond acceptors (Lipinski definition) is 2. The summed E-state index contributed by atoms with van der Waals surface area (Å²) in [6, 6.07) is 0. The largest absolute Gasteiger partial charge is 0.424 e. The van der Waals surface area contributed by atoms with E-state index in [9.17, 15) is 0 Å². The van der Waals surface area contributed by atoms with Gasteiger partial charge in [0.1, 0.15) is 0 Å². The predicted octanol–water partition coefficient (Wildman–Crippen LogP) is 2.26. The minimum Gasteiger partial charge on any atom is -0.424 e. The Hall–Kier alpha value is 0.137. The highest BCUT2D eigenvalue weighted by Gasteiger charge is 2.45. The summed E-state index contributed by atoms with van der Waals surface area (Å²) >= 11 is 0. The van der Waals surface area contributed by atoms with Crippen LogP contribution < -0.4 is 0 Å². The Morgan fingerprint density at radius 1 is 1.33 bits per heavy atom. The molecule has 1 saturated carbocycles. The number of epoxide rings is 1. The van der Waals surface area contributed by atoms with Crippen molar-refractivity contribution in [3.63, 3.8) is 0 Å². The minimum atomic E-state index is -0.290. The van der Waals surface area contributed by atoms with Crippen molar-refractivity contribution in [3.8, 4) is 0 Å². The second-order valence-electron chi connectivity index (χ2n) is 5.03. The summed E-state index contributed by atoms with van der Waals surface area (Å²) in [7, 11) is -0.290. The normalized spacial score (nSPS) is 36.8. The van der Waals surface area contributed by atoms with Crippen LogP contribution in [-0.2, 0) is 9.16 Å². The number of rotatable bonds is 6. The molecule has 0 aromatic rings. The van der Waals surface area contributed by atoms with Crippen molar-refractivity contribution in [2.45, 2.75) is 63.7 Å². The molecule has 88 valence electrons. The summed E-state index contributed by atoms with van der Waals surface area (Å²) in [4.78, 5) is 0. The summed E-state index contributed by atoms with van der Waals surface area (Å²) in [5.74, 6) is 0.919. The molecule has 2 aliphatic rings. The molecule has 2 nitrogen and oxygen atoms in total. The Morgan fingerprint density at radius 3 is 2.87 bits per heavy atom. The summed E-state index contributed by atoms with van der Waals surface area (Å²) in [5, 5.41) is 0. The molecule has 4 atom stereocenters. The molecule has 1 aliphatic heterocycles. The molecule has 0 amide bonds. The maximum atomic E-state index is 5.84. The molecule has 3 heteroatoms. The van der Waals surface area contributed by atoms with Crippen LogP contribution in [0.15, 0.2) is 0 Å². The molecule has 0 bridgehead atoms. The van der Waals surface area contributed by atoms with E-state index in [4.69, 9.17) is 9.16 Å². The molecule has 0 radical (unpaired) electrons. The molecular weight excluding hydrogens is 204 g/mol. The highest BCUT2D eigenvalue weighted by molar-refractivity contribution is 6.29. The van der Waals surface area contributed by atoms with E-state index in [0.29, 0.717) is 12.2 Å². The lowest BCUT2D eigenvalue weighted by Crippen LogP contribution is -2.23. The molecule has 0 spiro atoms. The van der Waals surface area contributed by atoms with Crippen LogP contribution in [0.3, 0.4) is 0 Å². The van der Waals surface area contributed by atoms with Crippen LogP contribution in [0.25, 0.3) is 0 Å². The Bertz CT molecular complexity index is 198. The van der Waals surface area contributed by atoms with E-state index in [0.717, 1.165) is 18.1 Å². The van der Waals surface area contributed by atoms with E-state index in [1.807, 2.05) is 0 Å². The van der Waals surface area contributed by atoms with Gasteiger partial charge in [-0.3, -0.25) is 0 Å². The third-order valence-electron chi connectivity index (χ3n) is 3.92. The fraction of sp³-hybridized carbons (Fsp3) is 1.00. The first-order valence-corrected chi connectivity index (χ1v) is 7.97. The standard InChI is InChI=1S/C12H24O2Si/c1-3-7-13-15-12(4-2)9-5-6-10-11(8-9)14-10/h9-12H,3-8,15H2,1-2H3. The van der Waals surface area contributed by atoms with Gasteiger partial charge in [0.15, 0.2) is 9.76 Å². The smallest absolute Gasteiger partial charge is 0.164 e. The SMILES string of the molecule is CCCO[SiH2]C(CC)C1CCC2OC2C1. The molecule has 0 aromatic heterocycles. The summed E-state index contributed by atoms with van der Waals surface area (Å²) in [6.45, 7) is 5.50. The van der Waals surface area contributed by atoms with Crippen molar-refractivity contribution in [1.29, 1.82) is 0 Å².